The Kier molecular flexibility index (Phi) is 8.05. The van der Waals surface area contributed by atoms with Crippen LogP contribution < -0.4 is 10.6 Å². The number of nitrogens with zero attached hydrogens (tertiary/aromatic N) is 1. The van der Waals surface area contributed by atoms with E-state index in [2.05, 4.69) is 10.6 Å². The standard InChI is InChI=1S/C31H37N3O4/c1-20-10-8-11-21(2)27(20)28(29(36)33-24-17-16-22-12-6-7-13-23(22)18-24)34(25-14-9-15-25)26(35)19-32-30(37)38-31(3,4)5/h6-8,10-13,16-18,25,28H,9,14-15,19H2,1-5H3,(H,32,37)(H,33,36). The lowest BCUT2D eigenvalue weighted by atomic mass is 9.86. The summed E-state index contributed by atoms with van der Waals surface area (Å²) in [5.41, 5.74) is 2.66. The molecule has 3 aromatic carbocycles. The maximum absolute atomic E-state index is 14.1. The zero-order valence-electron chi connectivity index (χ0n) is 22.8. The van der Waals surface area contributed by atoms with Gasteiger partial charge in [-0.2, -0.15) is 0 Å². The zero-order valence-corrected chi connectivity index (χ0v) is 22.8. The Morgan fingerprint density at radius 2 is 1.61 bits per heavy atom. The molecule has 4 rings (SSSR count). The molecule has 1 atom stereocenters. The topological polar surface area (TPSA) is 87.7 Å². The minimum Gasteiger partial charge on any atom is -0.444 e. The SMILES string of the molecule is Cc1cccc(C)c1C(C(=O)Nc1ccc2ccccc2c1)N(C(=O)CNC(=O)OC(C)(C)C)C1CCC1. The van der Waals surface area contributed by atoms with Crippen molar-refractivity contribution < 1.29 is 19.1 Å². The van der Waals surface area contributed by atoms with Crippen molar-refractivity contribution in [2.45, 2.75) is 71.6 Å². The summed E-state index contributed by atoms with van der Waals surface area (Å²) in [7, 11) is 0. The molecule has 0 spiro atoms. The zero-order chi connectivity index (χ0) is 27.4. The molecule has 0 aromatic heterocycles. The molecule has 0 saturated heterocycles. The van der Waals surface area contributed by atoms with Crippen LogP contribution >= 0.6 is 0 Å². The first-order valence-corrected chi connectivity index (χ1v) is 13.2. The number of nitrogens with one attached hydrogen (secondary N) is 2. The average molecular weight is 516 g/mol. The van der Waals surface area contributed by atoms with Crippen LogP contribution in [0.5, 0.6) is 0 Å². The van der Waals surface area contributed by atoms with Gasteiger partial charge in [-0.1, -0.05) is 48.5 Å². The van der Waals surface area contributed by atoms with Crippen LogP contribution in [-0.4, -0.2) is 41.0 Å². The Labute approximate surface area is 224 Å². The highest BCUT2D eigenvalue weighted by molar-refractivity contribution is 6.00. The summed E-state index contributed by atoms with van der Waals surface area (Å²) in [6, 6.07) is 18.7. The van der Waals surface area contributed by atoms with Crippen molar-refractivity contribution >= 4 is 34.4 Å². The lowest BCUT2D eigenvalue weighted by Crippen LogP contribution is -2.53. The van der Waals surface area contributed by atoms with Crippen molar-refractivity contribution in [3.8, 4) is 0 Å². The van der Waals surface area contributed by atoms with Gasteiger partial charge < -0.3 is 20.3 Å². The number of rotatable bonds is 7. The van der Waals surface area contributed by atoms with Gasteiger partial charge in [0.05, 0.1) is 0 Å². The second-order valence-electron chi connectivity index (χ2n) is 11.0. The molecule has 0 radical (unpaired) electrons. The summed E-state index contributed by atoms with van der Waals surface area (Å²) in [6.45, 7) is 8.97. The van der Waals surface area contributed by atoms with Crippen LogP contribution in [0.25, 0.3) is 10.8 Å². The van der Waals surface area contributed by atoms with E-state index in [1.54, 1.807) is 25.7 Å². The van der Waals surface area contributed by atoms with Gasteiger partial charge in [0.2, 0.25) is 5.91 Å². The molecule has 1 fully saturated rings. The fourth-order valence-corrected chi connectivity index (χ4v) is 4.91. The summed E-state index contributed by atoms with van der Waals surface area (Å²) in [5.74, 6) is -0.600. The predicted molar refractivity (Wildman–Crippen MR) is 150 cm³/mol. The quantitative estimate of drug-likeness (QED) is 0.401. The fourth-order valence-electron chi connectivity index (χ4n) is 4.91. The second-order valence-corrected chi connectivity index (χ2v) is 11.0. The minimum absolute atomic E-state index is 0.0886. The lowest BCUT2D eigenvalue weighted by Gasteiger charge is -2.43. The van der Waals surface area contributed by atoms with Crippen molar-refractivity contribution in [2.24, 2.45) is 0 Å². The van der Waals surface area contributed by atoms with E-state index in [0.717, 1.165) is 46.7 Å². The second kappa shape index (κ2) is 11.3. The molecule has 7 nitrogen and oxygen atoms in total. The Bertz CT molecular complexity index is 1320. The maximum Gasteiger partial charge on any atom is 0.408 e. The molecule has 1 aliphatic carbocycles. The van der Waals surface area contributed by atoms with Gasteiger partial charge >= 0.3 is 6.09 Å². The van der Waals surface area contributed by atoms with E-state index in [9.17, 15) is 14.4 Å². The molecular weight excluding hydrogens is 478 g/mol. The number of ether oxygens (including phenoxy) is 1. The van der Waals surface area contributed by atoms with Crippen LogP contribution in [0.1, 0.15) is 62.8 Å². The molecule has 0 aliphatic heterocycles. The summed E-state index contributed by atoms with van der Waals surface area (Å²) < 4.78 is 5.31. The number of alkyl carbamates (subject to hydrolysis) is 1. The Morgan fingerprint density at radius 3 is 2.21 bits per heavy atom. The molecule has 7 heteroatoms. The maximum atomic E-state index is 14.1. The Morgan fingerprint density at radius 1 is 0.947 bits per heavy atom. The number of fused-ring (bicyclic) bond motifs is 1. The summed E-state index contributed by atoms with van der Waals surface area (Å²) in [4.78, 5) is 41.7. The van der Waals surface area contributed by atoms with Crippen LogP contribution in [0.4, 0.5) is 10.5 Å². The molecule has 0 bridgehead atoms. The molecule has 1 saturated carbocycles. The van der Waals surface area contributed by atoms with Gasteiger partial charge in [0.15, 0.2) is 0 Å². The van der Waals surface area contributed by atoms with Gasteiger partial charge in [-0.05, 0) is 93.5 Å². The average Bonchev–Trinajstić information content (AvgIpc) is 2.81. The van der Waals surface area contributed by atoms with Gasteiger partial charge in [0.25, 0.3) is 5.91 Å². The minimum atomic E-state index is -0.846. The Hall–Kier alpha value is -3.87. The molecular formula is C31H37N3O4. The van der Waals surface area contributed by atoms with Gasteiger partial charge in [0.1, 0.15) is 18.2 Å². The lowest BCUT2D eigenvalue weighted by molar-refractivity contribution is -0.143. The van der Waals surface area contributed by atoms with E-state index in [1.807, 2.05) is 74.5 Å². The molecule has 38 heavy (non-hydrogen) atoms. The predicted octanol–water partition coefficient (Wildman–Crippen LogP) is 6.04. The normalized spacial score (nSPS) is 14.3. The number of hydrogen-bond acceptors (Lipinski definition) is 4. The first-order valence-electron chi connectivity index (χ1n) is 13.2. The van der Waals surface area contributed by atoms with E-state index in [4.69, 9.17) is 4.74 Å². The highest BCUT2D eigenvalue weighted by atomic mass is 16.6. The number of hydrogen-bond donors (Lipinski definition) is 2. The van der Waals surface area contributed by atoms with E-state index < -0.39 is 17.7 Å². The molecule has 3 amide bonds. The van der Waals surface area contributed by atoms with E-state index in [1.165, 1.54) is 0 Å². The highest BCUT2D eigenvalue weighted by Gasteiger charge is 2.40. The number of carbonyl (C=O) groups is 3. The van der Waals surface area contributed by atoms with E-state index in [0.29, 0.717) is 5.69 Å². The highest BCUT2D eigenvalue weighted by Crippen LogP contribution is 2.36. The first-order chi connectivity index (χ1) is 18.0. The van der Waals surface area contributed by atoms with Crippen molar-refractivity contribution in [1.29, 1.82) is 0 Å². The van der Waals surface area contributed by atoms with Crippen LogP contribution in [0.15, 0.2) is 60.7 Å². The smallest absolute Gasteiger partial charge is 0.408 e. The number of anilines is 1. The molecule has 1 unspecified atom stereocenters. The molecule has 2 N–H and O–H groups in total. The largest absolute Gasteiger partial charge is 0.444 e. The van der Waals surface area contributed by atoms with Gasteiger partial charge in [-0.3, -0.25) is 9.59 Å². The number of amides is 3. The van der Waals surface area contributed by atoms with Crippen molar-refractivity contribution in [1.82, 2.24) is 10.2 Å². The number of carbonyl (C=O) groups excluding carboxylic acids is 3. The monoisotopic (exact) mass is 515 g/mol. The summed E-state index contributed by atoms with van der Waals surface area (Å²) >= 11 is 0. The van der Waals surface area contributed by atoms with Crippen LogP contribution in [0.3, 0.4) is 0 Å². The number of aryl methyl sites for hydroxylation is 2. The third-order valence-electron chi connectivity index (χ3n) is 6.90. The van der Waals surface area contributed by atoms with Crippen molar-refractivity contribution in [3.63, 3.8) is 0 Å². The fraction of sp³-hybridized carbons (Fsp3) is 0.387. The van der Waals surface area contributed by atoms with Gasteiger partial charge in [-0.25, -0.2) is 4.79 Å². The summed E-state index contributed by atoms with van der Waals surface area (Å²) in [5, 5.41) is 7.76. The molecule has 200 valence electrons. The molecule has 0 heterocycles. The molecule has 3 aromatic rings. The van der Waals surface area contributed by atoms with Crippen LogP contribution in [0, 0.1) is 13.8 Å². The molecule has 1 aliphatic rings. The van der Waals surface area contributed by atoms with Crippen molar-refractivity contribution in [2.75, 3.05) is 11.9 Å². The van der Waals surface area contributed by atoms with Crippen LogP contribution in [-0.2, 0) is 14.3 Å². The third kappa shape index (κ3) is 6.33. The third-order valence-corrected chi connectivity index (χ3v) is 6.90. The van der Waals surface area contributed by atoms with Crippen molar-refractivity contribution in [3.05, 3.63) is 77.4 Å². The summed E-state index contributed by atoms with van der Waals surface area (Å²) in [6.07, 6.45) is 1.94. The van der Waals surface area contributed by atoms with E-state index in [-0.39, 0.29) is 24.4 Å². The van der Waals surface area contributed by atoms with E-state index >= 15 is 0 Å². The van der Waals surface area contributed by atoms with Crippen LogP contribution in [0.2, 0.25) is 0 Å². The first kappa shape index (κ1) is 27.2. The Balaban J connectivity index is 1.67. The van der Waals surface area contributed by atoms with Gasteiger partial charge in [0, 0.05) is 11.7 Å². The van der Waals surface area contributed by atoms with Gasteiger partial charge in [-0.15, -0.1) is 0 Å². The number of benzene rings is 3.